The molecule has 2 heterocycles. The van der Waals surface area contributed by atoms with Crippen LogP contribution in [-0.4, -0.2) is 24.8 Å². The van der Waals surface area contributed by atoms with E-state index in [1.807, 2.05) is 35.5 Å². The summed E-state index contributed by atoms with van der Waals surface area (Å²) in [5.74, 6) is 0.887. The number of pyridine rings is 1. The van der Waals surface area contributed by atoms with E-state index in [2.05, 4.69) is 37.3 Å². The quantitative estimate of drug-likeness (QED) is 0.336. The van der Waals surface area contributed by atoms with Gasteiger partial charge in [-0.05, 0) is 41.1 Å². The summed E-state index contributed by atoms with van der Waals surface area (Å²) in [5.41, 5.74) is 3.04. The summed E-state index contributed by atoms with van der Waals surface area (Å²) in [6.07, 6.45) is 2.15. The van der Waals surface area contributed by atoms with Gasteiger partial charge < -0.3 is 5.32 Å². The van der Waals surface area contributed by atoms with Gasteiger partial charge in [0.05, 0.1) is 33.4 Å². The van der Waals surface area contributed by atoms with E-state index in [9.17, 15) is 4.21 Å². The third-order valence-electron chi connectivity index (χ3n) is 3.30. The van der Waals surface area contributed by atoms with E-state index in [4.69, 9.17) is 11.6 Å². The van der Waals surface area contributed by atoms with Gasteiger partial charge in [0.15, 0.2) is 5.65 Å². The van der Waals surface area contributed by atoms with Crippen molar-refractivity contribution in [3.05, 3.63) is 41.3 Å². The number of halogens is 2. The summed E-state index contributed by atoms with van der Waals surface area (Å²) in [6, 6.07) is 9.24. The molecule has 2 aromatic heterocycles. The fraction of sp³-hybridized carbons (Fsp3) is 0.143. The van der Waals surface area contributed by atoms with E-state index in [1.165, 1.54) is 0 Å². The van der Waals surface area contributed by atoms with Crippen molar-refractivity contribution < 1.29 is 4.21 Å². The molecule has 0 amide bonds. The van der Waals surface area contributed by atoms with E-state index < -0.39 is 10.8 Å². The SMILES string of the molecule is Cc1nc2c(Nc3ccccc3S(C)=O)cc(Cl)nc2n1PI. The summed E-state index contributed by atoms with van der Waals surface area (Å²) in [4.78, 5) is 9.73. The summed E-state index contributed by atoms with van der Waals surface area (Å²) in [5, 5.41) is 3.70. The largest absolute Gasteiger partial charge is 0.353 e. The van der Waals surface area contributed by atoms with Crippen LogP contribution in [0.3, 0.4) is 0 Å². The molecule has 9 heteroatoms. The van der Waals surface area contributed by atoms with Gasteiger partial charge in [0.2, 0.25) is 0 Å². The summed E-state index contributed by atoms with van der Waals surface area (Å²) < 4.78 is 13.9. The van der Waals surface area contributed by atoms with Gasteiger partial charge >= 0.3 is 0 Å². The second-order valence-corrected chi connectivity index (χ2v) is 8.62. The van der Waals surface area contributed by atoms with Crippen LogP contribution in [0.2, 0.25) is 5.15 Å². The lowest BCUT2D eigenvalue weighted by molar-refractivity contribution is 0.687. The lowest BCUT2D eigenvalue weighted by Gasteiger charge is -2.11. The Kier molecular flexibility index (Phi) is 5.20. The van der Waals surface area contributed by atoms with Crippen LogP contribution in [0.4, 0.5) is 11.4 Å². The molecule has 2 unspecified atom stereocenters. The molecule has 23 heavy (non-hydrogen) atoms. The van der Waals surface area contributed by atoms with E-state index >= 15 is 0 Å². The lowest BCUT2D eigenvalue weighted by atomic mass is 10.3. The molecular formula is C14H13ClIN4OPS. The van der Waals surface area contributed by atoms with E-state index in [1.54, 1.807) is 12.3 Å². The Labute approximate surface area is 156 Å². The van der Waals surface area contributed by atoms with E-state index in [-0.39, 0.29) is 0 Å². The van der Waals surface area contributed by atoms with Crippen LogP contribution >= 0.6 is 40.0 Å². The maximum atomic E-state index is 11.9. The Bertz CT molecular complexity index is 917. The monoisotopic (exact) mass is 478 g/mol. The van der Waals surface area contributed by atoms with Gasteiger partial charge in [-0.25, -0.2) is 9.97 Å². The molecule has 0 bridgehead atoms. The lowest BCUT2D eigenvalue weighted by Crippen LogP contribution is -1.99. The van der Waals surface area contributed by atoms with E-state index in [0.29, 0.717) is 11.5 Å². The van der Waals surface area contributed by atoms with Crippen molar-refractivity contribution in [3.63, 3.8) is 0 Å². The fourth-order valence-electron chi connectivity index (χ4n) is 2.29. The van der Waals surface area contributed by atoms with Gasteiger partial charge in [0.1, 0.15) is 16.5 Å². The average molecular weight is 479 g/mol. The van der Waals surface area contributed by atoms with Gasteiger partial charge in [0, 0.05) is 12.3 Å². The van der Waals surface area contributed by atoms with Gasteiger partial charge in [-0.3, -0.25) is 8.55 Å². The third kappa shape index (κ3) is 3.38. The maximum Gasteiger partial charge on any atom is 0.167 e. The molecule has 3 rings (SSSR count). The zero-order valence-corrected chi connectivity index (χ0v) is 17.0. The van der Waals surface area contributed by atoms with Crippen LogP contribution in [0.15, 0.2) is 35.2 Å². The minimum atomic E-state index is -1.09. The Morgan fingerprint density at radius 3 is 2.74 bits per heavy atom. The molecule has 0 fully saturated rings. The van der Waals surface area contributed by atoms with Gasteiger partial charge in [-0.2, -0.15) is 0 Å². The Morgan fingerprint density at radius 1 is 1.30 bits per heavy atom. The predicted molar refractivity (Wildman–Crippen MR) is 107 cm³/mol. The number of rotatable bonds is 4. The molecule has 5 nitrogen and oxygen atoms in total. The molecule has 0 spiro atoms. The molecule has 0 saturated carbocycles. The minimum absolute atomic E-state index is 0.394. The second-order valence-electron chi connectivity index (χ2n) is 4.82. The number of aromatic nitrogens is 3. The summed E-state index contributed by atoms with van der Waals surface area (Å²) in [7, 11) is -1.09. The third-order valence-corrected chi connectivity index (χ3v) is 6.62. The molecule has 0 radical (unpaired) electrons. The first-order valence-electron chi connectivity index (χ1n) is 6.63. The fourth-order valence-corrected chi connectivity index (χ4v) is 5.32. The van der Waals surface area contributed by atoms with Crippen molar-refractivity contribution in [1.82, 2.24) is 14.3 Å². The number of anilines is 2. The highest BCUT2D eigenvalue weighted by atomic mass is 127. The molecule has 1 aromatic carbocycles. The van der Waals surface area contributed by atoms with Crippen molar-refractivity contribution in [2.75, 3.05) is 11.6 Å². The Hall–Kier alpha value is -0.760. The number of hydrogen-bond acceptors (Lipinski definition) is 4. The number of nitrogens with zero attached hydrogens (tertiary/aromatic N) is 3. The molecule has 0 aliphatic carbocycles. The number of imidazole rings is 1. The zero-order chi connectivity index (χ0) is 16.6. The van der Waals surface area contributed by atoms with Crippen LogP contribution in [0.25, 0.3) is 11.2 Å². The highest BCUT2D eigenvalue weighted by molar-refractivity contribution is 14.2. The van der Waals surface area contributed by atoms with E-state index in [0.717, 1.165) is 33.3 Å². The van der Waals surface area contributed by atoms with Crippen LogP contribution in [0.5, 0.6) is 0 Å². The van der Waals surface area contributed by atoms with Crippen LogP contribution in [0.1, 0.15) is 5.82 Å². The highest BCUT2D eigenvalue weighted by Gasteiger charge is 2.15. The van der Waals surface area contributed by atoms with Gasteiger partial charge in [0.25, 0.3) is 0 Å². The standard InChI is InChI=1S/C14H13ClIN4OPS/c1-8-17-13-10(7-12(15)19-14(13)20(8)22-16)18-9-5-3-4-6-11(9)23(2)21/h3-7,22H,1-2H3,(H,18,19). The smallest absolute Gasteiger partial charge is 0.167 e. The number of hydrogen-bond donors (Lipinski definition) is 1. The Balaban J connectivity index is 2.16. The second kappa shape index (κ2) is 7.01. The molecule has 120 valence electrons. The molecular weight excluding hydrogens is 466 g/mol. The van der Waals surface area contributed by atoms with Crippen molar-refractivity contribution in [2.24, 2.45) is 0 Å². The normalized spacial score (nSPS) is 13.0. The Morgan fingerprint density at radius 2 is 2.04 bits per heavy atom. The first kappa shape index (κ1) is 17.1. The summed E-state index contributed by atoms with van der Waals surface area (Å²) in [6.45, 7) is 1.94. The molecule has 0 saturated heterocycles. The number of para-hydroxylation sites is 1. The number of nitrogens with one attached hydrogen (secondary N) is 1. The predicted octanol–water partition coefficient (Wildman–Crippen LogP) is 4.67. The van der Waals surface area contributed by atoms with Crippen molar-refractivity contribution in [1.29, 1.82) is 0 Å². The molecule has 0 aliphatic rings. The molecule has 2 atom stereocenters. The molecule has 0 aliphatic heterocycles. The van der Waals surface area contributed by atoms with Crippen molar-refractivity contribution in [3.8, 4) is 0 Å². The van der Waals surface area contributed by atoms with Gasteiger partial charge in [-0.1, -0.05) is 23.7 Å². The first-order valence-corrected chi connectivity index (χ1v) is 12.6. The number of aryl methyl sites for hydroxylation is 1. The molecule has 3 aromatic rings. The zero-order valence-electron chi connectivity index (χ0n) is 12.3. The maximum absolute atomic E-state index is 11.9. The van der Waals surface area contributed by atoms with Crippen molar-refractivity contribution in [2.45, 2.75) is 11.8 Å². The average Bonchev–Trinajstić information content (AvgIpc) is 2.83. The van der Waals surface area contributed by atoms with Crippen LogP contribution in [0, 0.1) is 6.92 Å². The minimum Gasteiger partial charge on any atom is -0.353 e. The topological polar surface area (TPSA) is 59.8 Å². The van der Waals surface area contributed by atoms with Crippen LogP contribution in [-0.2, 0) is 10.8 Å². The van der Waals surface area contributed by atoms with Crippen molar-refractivity contribution >= 4 is 73.4 Å². The molecule has 1 N–H and O–H groups in total. The summed E-state index contributed by atoms with van der Waals surface area (Å²) >= 11 is 8.47. The highest BCUT2D eigenvalue weighted by Crippen LogP contribution is 2.35. The van der Waals surface area contributed by atoms with Gasteiger partial charge in [-0.15, -0.1) is 0 Å². The first-order chi connectivity index (χ1) is 11.0. The van der Waals surface area contributed by atoms with Crippen LogP contribution < -0.4 is 5.32 Å². The number of fused-ring (bicyclic) bond motifs is 1. The number of benzene rings is 1.